The second kappa shape index (κ2) is 7.13. The van der Waals surface area contributed by atoms with Crippen molar-refractivity contribution in [3.05, 3.63) is 16.2 Å². The zero-order chi connectivity index (χ0) is 19.2. The summed E-state index contributed by atoms with van der Waals surface area (Å²) in [7, 11) is 0. The fourth-order valence-electron chi connectivity index (χ4n) is 3.10. The van der Waals surface area contributed by atoms with Crippen LogP contribution < -0.4 is 5.56 Å². The van der Waals surface area contributed by atoms with Crippen molar-refractivity contribution >= 4 is 36.1 Å². The van der Waals surface area contributed by atoms with E-state index in [-0.39, 0.29) is 11.1 Å². The summed E-state index contributed by atoms with van der Waals surface area (Å²) in [5.41, 5.74) is 0.200. The molecule has 1 aliphatic rings. The fourth-order valence-corrected chi connectivity index (χ4v) is 4.63. The molecule has 0 spiro atoms. The summed E-state index contributed by atoms with van der Waals surface area (Å²) in [4.78, 5) is 23.5. The Morgan fingerprint density at radius 2 is 2.04 bits per heavy atom. The Morgan fingerprint density at radius 1 is 1.35 bits per heavy atom. The molecule has 0 radical (unpaired) electrons. The molecule has 2 aromatic heterocycles. The van der Waals surface area contributed by atoms with E-state index in [0.29, 0.717) is 23.0 Å². The SMILES string of the molecule is C=P(C)(C)CCC1O[C@@H](n2c(SC)nc3c(=O)[nH]c(C)nc32)[C@H](O)[C@@H]1O. The van der Waals surface area contributed by atoms with E-state index < -0.39 is 31.4 Å². The molecule has 1 unspecified atom stereocenters. The summed E-state index contributed by atoms with van der Waals surface area (Å²) in [6.07, 6.45) is 3.99. The number of aliphatic hydroxyl groups is 2. The van der Waals surface area contributed by atoms with Crippen molar-refractivity contribution in [3.63, 3.8) is 0 Å². The molecule has 3 heterocycles. The van der Waals surface area contributed by atoms with Crippen molar-refractivity contribution < 1.29 is 14.9 Å². The zero-order valence-electron chi connectivity index (χ0n) is 15.3. The lowest BCUT2D eigenvalue weighted by Gasteiger charge is -2.19. The molecule has 1 fully saturated rings. The van der Waals surface area contributed by atoms with Gasteiger partial charge in [-0.3, -0.25) is 9.36 Å². The first-order valence-corrected chi connectivity index (χ1v) is 12.6. The van der Waals surface area contributed by atoms with E-state index in [9.17, 15) is 15.0 Å². The molecular formula is C16H25N4O4PS. The Labute approximate surface area is 156 Å². The summed E-state index contributed by atoms with van der Waals surface area (Å²) in [6, 6.07) is 0. The van der Waals surface area contributed by atoms with Gasteiger partial charge in [0.05, 0.1) is 6.10 Å². The minimum Gasteiger partial charge on any atom is -0.388 e. The average molecular weight is 400 g/mol. The molecular weight excluding hydrogens is 375 g/mol. The van der Waals surface area contributed by atoms with Crippen molar-refractivity contribution in [2.45, 2.75) is 43.0 Å². The fraction of sp³-hybridized carbons (Fsp3) is 0.625. The highest BCUT2D eigenvalue weighted by Gasteiger charge is 2.45. The third-order valence-corrected chi connectivity index (χ3v) is 6.55. The number of fused-ring (bicyclic) bond motifs is 1. The third kappa shape index (κ3) is 3.64. The smallest absolute Gasteiger partial charge is 0.279 e. The molecule has 3 N–H and O–H groups in total. The van der Waals surface area contributed by atoms with Crippen LogP contribution in [-0.4, -0.2) is 80.1 Å². The van der Waals surface area contributed by atoms with Crippen molar-refractivity contribution in [1.82, 2.24) is 19.5 Å². The van der Waals surface area contributed by atoms with Gasteiger partial charge >= 0.3 is 0 Å². The molecule has 1 saturated heterocycles. The van der Waals surface area contributed by atoms with Gasteiger partial charge in [-0.05, 0) is 39.1 Å². The van der Waals surface area contributed by atoms with E-state index in [4.69, 9.17) is 4.74 Å². The van der Waals surface area contributed by atoms with E-state index in [1.165, 1.54) is 11.8 Å². The largest absolute Gasteiger partial charge is 0.388 e. The number of thioether (sulfide) groups is 1. The second-order valence-corrected chi connectivity index (χ2v) is 12.4. The first kappa shape index (κ1) is 19.6. The lowest BCUT2D eigenvalue weighted by molar-refractivity contribution is -0.0400. The summed E-state index contributed by atoms with van der Waals surface area (Å²) >= 11 is 1.33. The van der Waals surface area contributed by atoms with Crippen molar-refractivity contribution in [2.24, 2.45) is 0 Å². The first-order chi connectivity index (χ1) is 12.1. The minimum absolute atomic E-state index is 0.193. The molecule has 144 valence electrons. The molecule has 0 aromatic carbocycles. The van der Waals surface area contributed by atoms with Gasteiger partial charge in [0.25, 0.3) is 5.56 Å². The van der Waals surface area contributed by atoms with Crippen LogP contribution in [0, 0.1) is 6.92 Å². The molecule has 0 amide bonds. The Bertz CT molecular complexity index is 921. The summed E-state index contributed by atoms with van der Waals surface area (Å²) in [6.45, 7) is 4.66. The van der Waals surface area contributed by atoms with Crippen LogP contribution in [0.1, 0.15) is 18.5 Å². The van der Waals surface area contributed by atoms with E-state index in [2.05, 4.69) is 34.6 Å². The number of aromatic amines is 1. The van der Waals surface area contributed by atoms with Crippen molar-refractivity contribution in [1.29, 1.82) is 0 Å². The molecule has 0 saturated carbocycles. The maximum atomic E-state index is 12.2. The molecule has 0 bridgehead atoms. The number of aryl methyl sites for hydroxylation is 1. The predicted octanol–water partition coefficient (Wildman–Crippen LogP) is 0.868. The van der Waals surface area contributed by atoms with Gasteiger partial charge in [0.2, 0.25) is 0 Å². The van der Waals surface area contributed by atoms with Crippen molar-refractivity contribution in [2.75, 3.05) is 25.7 Å². The molecule has 8 nitrogen and oxygen atoms in total. The van der Waals surface area contributed by atoms with E-state index in [1.807, 2.05) is 6.26 Å². The van der Waals surface area contributed by atoms with E-state index in [1.54, 1.807) is 11.5 Å². The van der Waals surface area contributed by atoms with Gasteiger partial charge in [-0.2, -0.15) is 0 Å². The normalized spacial score (nSPS) is 26.7. The number of hydrogen-bond acceptors (Lipinski definition) is 7. The Balaban J connectivity index is 2.01. The number of nitrogens with zero attached hydrogens (tertiary/aromatic N) is 3. The number of imidazole rings is 1. The quantitative estimate of drug-likeness (QED) is 0.504. The standard InChI is InChI=1S/C16H25N4O4PS/c1-8-17-13-10(14(23)18-8)19-16(26-5)20(13)15-12(22)11(21)9(24-15)6-7-25(2,3)4/h9,11-12,15,21-22H,2,6-7H2,1,3-5H3,(H,17,18,23)/t9?,11-,12-,15-/m1/s1. The number of hydrogen-bond donors (Lipinski definition) is 3. The number of nitrogens with one attached hydrogen (secondary N) is 1. The molecule has 0 aliphatic carbocycles. The lowest BCUT2D eigenvalue weighted by atomic mass is 10.1. The van der Waals surface area contributed by atoms with E-state index in [0.717, 1.165) is 6.16 Å². The Kier molecular flexibility index (Phi) is 5.38. The van der Waals surface area contributed by atoms with E-state index >= 15 is 0 Å². The number of ether oxygens (including phenoxy) is 1. The van der Waals surface area contributed by atoms with Gasteiger partial charge in [-0.15, -0.1) is 13.2 Å². The molecule has 26 heavy (non-hydrogen) atoms. The average Bonchev–Trinajstić information content (AvgIpc) is 3.04. The number of rotatable bonds is 5. The predicted molar refractivity (Wildman–Crippen MR) is 106 cm³/mol. The van der Waals surface area contributed by atoms with Gasteiger partial charge in [-0.1, -0.05) is 11.8 Å². The molecule has 2 aromatic rings. The van der Waals surface area contributed by atoms with Crippen LogP contribution in [0.2, 0.25) is 0 Å². The van der Waals surface area contributed by atoms with Crippen LogP contribution in [0.25, 0.3) is 11.2 Å². The molecule has 3 rings (SSSR count). The van der Waals surface area contributed by atoms with Gasteiger partial charge in [0, 0.05) is 0 Å². The number of aliphatic hydroxyl groups excluding tert-OH is 2. The number of H-pyrrole nitrogens is 1. The monoisotopic (exact) mass is 400 g/mol. The molecule has 1 aliphatic heterocycles. The van der Waals surface area contributed by atoms with Crippen LogP contribution in [0.5, 0.6) is 0 Å². The minimum atomic E-state index is -1.27. The van der Waals surface area contributed by atoms with Gasteiger partial charge in [0.15, 0.2) is 22.5 Å². The lowest BCUT2D eigenvalue weighted by Crippen LogP contribution is -2.32. The van der Waals surface area contributed by atoms with Gasteiger partial charge in [0.1, 0.15) is 18.0 Å². The van der Waals surface area contributed by atoms with Crippen LogP contribution in [0.15, 0.2) is 9.95 Å². The first-order valence-electron chi connectivity index (χ1n) is 8.34. The zero-order valence-corrected chi connectivity index (χ0v) is 17.0. The second-order valence-electron chi connectivity index (χ2n) is 7.29. The topological polar surface area (TPSA) is 113 Å². The summed E-state index contributed by atoms with van der Waals surface area (Å²) in [5, 5.41) is 21.6. The Hall–Kier alpha value is -1.12. The highest BCUT2D eigenvalue weighted by molar-refractivity contribution is 7.98. The van der Waals surface area contributed by atoms with Gasteiger partial charge in [-0.25, -0.2) is 9.97 Å². The highest BCUT2D eigenvalue weighted by atomic mass is 32.2. The number of aromatic nitrogens is 4. The van der Waals surface area contributed by atoms with Crippen LogP contribution in [-0.2, 0) is 4.74 Å². The van der Waals surface area contributed by atoms with Crippen LogP contribution in [0.4, 0.5) is 0 Å². The third-order valence-electron chi connectivity index (χ3n) is 4.43. The van der Waals surface area contributed by atoms with Crippen LogP contribution >= 0.6 is 18.6 Å². The summed E-state index contributed by atoms with van der Waals surface area (Å²) < 4.78 is 7.62. The molecule has 4 atom stereocenters. The maximum Gasteiger partial charge on any atom is 0.279 e. The maximum absolute atomic E-state index is 12.2. The van der Waals surface area contributed by atoms with Gasteiger partial charge < -0.3 is 19.9 Å². The van der Waals surface area contributed by atoms with Crippen LogP contribution in [0.3, 0.4) is 0 Å². The summed E-state index contributed by atoms with van der Waals surface area (Å²) in [5.74, 6) is 0.449. The molecule has 10 heteroatoms. The van der Waals surface area contributed by atoms with Crippen molar-refractivity contribution in [3.8, 4) is 0 Å². The highest BCUT2D eigenvalue weighted by Crippen LogP contribution is 2.40. The Morgan fingerprint density at radius 3 is 2.65 bits per heavy atom.